The van der Waals surface area contributed by atoms with Crippen molar-refractivity contribution in [3.63, 3.8) is 0 Å². The van der Waals surface area contributed by atoms with E-state index in [4.69, 9.17) is 5.11 Å². The van der Waals surface area contributed by atoms with Gasteiger partial charge in [-0.25, -0.2) is 14.8 Å². The highest BCUT2D eigenvalue weighted by Crippen LogP contribution is 2.22. The zero-order valence-electron chi connectivity index (χ0n) is 6.30. The summed E-state index contributed by atoms with van der Waals surface area (Å²) in [6, 6.07) is 0. The van der Waals surface area contributed by atoms with Gasteiger partial charge in [0.2, 0.25) is 0 Å². The number of aromatic carboxylic acids is 1. The van der Waals surface area contributed by atoms with Gasteiger partial charge in [0.1, 0.15) is 10.7 Å². The van der Waals surface area contributed by atoms with Crippen molar-refractivity contribution in [2.24, 2.45) is 0 Å². The van der Waals surface area contributed by atoms with Crippen LogP contribution in [0.5, 0.6) is 0 Å². The Kier molecular flexibility index (Phi) is 2.07. The first-order valence-corrected chi connectivity index (χ1v) is 5.17. The number of carbonyl (C=O) groups is 1. The van der Waals surface area contributed by atoms with Crippen molar-refractivity contribution in [2.45, 2.75) is 0 Å². The Morgan fingerprint density at radius 3 is 2.85 bits per heavy atom. The number of nitrogens with zero attached hydrogens (tertiary/aromatic N) is 2. The highest BCUT2D eigenvalue weighted by atomic mass is 32.1. The molecule has 0 unspecified atom stereocenters. The molecule has 6 heteroatoms. The smallest absolute Gasteiger partial charge is 0.355 e. The monoisotopic (exact) mass is 212 g/mol. The Bertz CT molecular complexity index is 421. The van der Waals surface area contributed by atoms with Gasteiger partial charge in [-0.2, -0.15) is 0 Å². The van der Waals surface area contributed by atoms with Crippen molar-refractivity contribution in [3.05, 3.63) is 22.0 Å². The predicted octanol–water partition coefficient (Wildman–Crippen LogP) is 1.96. The zero-order valence-corrected chi connectivity index (χ0v) is 7.93. The summed E-state index contributed by atoms with van der Waals surface area (Å²) in [7, 11) is 0. The molecule has 0 aliphatic carbocycles. The molecule has 66 valence electrons. The summed E-state index contributed by atoms with van der Waals surface area (Å²) < 4.78 is 0. The van der Waals surface area contributed by atoms with Gasteiger partial charge in [0, 0.05) is 10.8 Å². The van der Waals surface area contributed by atoms with Gasteiger partial charge in [0.25, 0.3) is 0 Å². The summed E-state index contributed by atoms with van der Waals surface area (Å²) >= 11 is 2.75. The molecule has 0 aromatic carbocycles. The average molecular weight is 212 g/mol. The van der Waals surface area contributed by atoms with Crippen LogP contribution in [-0.4, -0.2) is 21.0 Å². The molecule has 4 nitrogen and oxygen atoms in total. The minimum Gasteiger partial charge on any atom is -0.476 e. The van der Waals surface area contributed by atoms with Crippen molar-refractivity contribution in [3.8, 4) is 10.7 Å². The minimum absolute atomic E-state index is 0.0769. The first kappa shape index (κ1) is 8.33. The van der Waals surface area contributed by atoms with E-state index in [0.717, 1.165) is 5.69 Å². The van der Waals surface area contributed by atoms with Crippen molar-refractivity contribution in [1.29, 1.82) is 0 Å². The second-order valence-electron chi connectivity index (χ2n) is 2.22. The lowest BCUT2D eigenvalue weighted by atomic mass is 10.5. The molecule has 0 aliphatic rings. The summed E-state index contributed by atoms with van der Waals surface area (Å²) in [6.45, 7) is 0. The summed E-state index contributed by atoms with van der Waals surface area (Å²) in [4.78, 5) is 18.5. The van der Waals surface area contributed by atoms with Crippen LogP contribution in [0.1, 0.15) is 10.5 Å². The van der Waals surface area contributed by atoms with Crippen LogP contribution in [0.2, 0.25) is 0 Å². The van der Waals surface area contributed by atoms with E-state index in [2.05, 4.69) is 9.97 Å². The second kappa shape index (κ2) is 3.23. The van der Waals surface area contributed by atoms with E-state index in [1.54, 1.807) is 5.51 Å². The molecule has 0 atom stereocenters. The normalized spacial score (nSPS) is 10.2. The Morgan fingerprint density at radius 1 is 1.46 bits per heavy atom. The number of aromatic nitrogens is 2. The third-order valence-corrected chi connectivity index (χ3v) is 2.83. The molecule has 0 aliphatic heterocycles. The number of thiazole rings is 2. The molecular formula is C7H4N2O2S2. The lowest BCUT2D eigenvalue weighted by Gasteiger charge is -1.85. The van der Waals surface area contributed by atoms with E-state index in [-0.39, 0.29) is 5.69 Å². The van der Waals surface area contributed by atoms with Crippen molar-refractivity contribution in [2.75, 3.05) is 0 Å². The first-order valence-electron chi connectivity index (χ1n) is 3.35. The van der Waals surface area contributed by atoms with Gasteiger partial charge < -0.3 is 5.11 Å². The van der Waals surface area contributed by atoms with Crippen LogP contribution in [0.3, 0.4) is 0 Å². The van der Waals surface area contributed by atoms with E-state index in [1.165, 1.54) is 28.1 Å². The van der Waals surface area contributed by atoms with Gasteiger partial charge >= 0.3 is 5.97 Å². The maximum atomic E-state index is 10.5. The number of carboxylic acid groups (broad SMARTS) is 1. The van der Waals surface area contributed by atoms with Crippen LogP contribution in [0, 0.1) is 0 Å². The van der Waals surface area contributed by atoms with Crippen LogP contribution in [0.4, 0.5) is 0 Å². The van der Waals surface area contributed by atoms with Gasteiger partial charge in [-0.15, -0.1) is 22.7 Å². The van der Waals surface area contributed by atoms with Crippen molar-refractivity contribution < 1.29 is 9.90 Å². The van der Waals surface area contributed by atoms with Crippen LogP contribution in [0.15, 0.2) is 16.3 Å². The van der Waals surface area contributed by atoms with Crippen LogP contribution >= 0.6 is 22.7 Å². The number of carboxylic acids is 1. The molecule has 0 amide bonds. The molecule has 0 saturated carbocycles. The number of hydrogen-bond donors (Lipinski definition) is 1. The van der Waals surface area contributed by atoms with Crippen molar-refractivity contribution >= 4 is 28.6 Å². The maximum absolute atomic E-state index is 10.5. The minimum atomic E-state index is -1.00. The van der Waals surface area contributed by atoms with Crippen LogP contribution < -0.4 is 0 Å². The molecule has 0 bridgehead atoms. The topological polar surface area (TPSA) is 63.1 Å². The Hall–Kier alpha value is -1.27. The van der Waals surface area contributed by atoms with E-state index < -0.39 is 5.97 Å². The lowest BCUT2D eigenvalue weighted by Crippen LogP contribution is -1.95. The quantitative estimate of drug-likeness (QED) is 0.826. The third-order valence-electron chi connectivity index (χ3n) is 1.37. The van der Waals surface area contributed by atoms with Gasteiger partial charge in [0.05, 0.1) is 5.51 Å². The second-order valence-corrected chi connectivity index (χ2v) is 3.79. The Labute approximate surface area is 81.5 Å². The average Bonchev–Trinajstić information content (AvgIpc) is 2.75. The molecule has 0 fully saturated rings. The summed E-state index contributed by atoms with van der Waals surface area (Å²) in [5.74, 6) is -1.00. The highest BCUT2D eigenvalue weighted by molar-refractivity contribution is 7.14. The summed E-state index contributed by atoms with van der Waals surface area (Å²) in [6.07, 6.45) is 0. The van der Waals surface area contributed by atoms with E-state index in [1.807, 2.05) is 5.38 Å². The van der Waals surface area contributed by atoms with Gasteiger partial charge in [-0.3, -0.25) is 0 Å². The molecule has 0 radical (unpaired) electrons. The van der Waals surface area contributed by atoms with E-state index in [9.17, 15) is 4.79 Å². The summed E-state index contributed by atoms with van der Waals surface area (Å²) in [5, 5.41) is 12.6. The lowest BCUT2D eigenvalue weighted by molar-refractivity contribution is 0.0691. The molecule has 0 spiro atoms. The molecule has 2 heterocycles. The Balaban J connectivity index is 2.39. The third kappa shape index (κ3) is 1.58. The molecule has 13 heavy (non-hydrogen) atoms. The largest absolute Gasteiger partial charge is 0.476 e. The molecule has 1 N–H and O–H groups in total. The number of rotatable bonds is 2. The van der Waals surface area contributed by atoms with Gasteiger partial charge in [-0.05, 0) is 0 Å². The highest BCUT2D eigenvalue weighted by Gasteiger charge is 2.10. The van der Waals surface area contributed by atoms with Crippen molar-refractivity contribution in [1.82, 2.24) is 9.97 Å². The van der Waals surface area contributed by atoms with E-state index >= 15 is 0 Å². The van der Waals surface area contributed by atoms with E-state index in [0.29, 0.717) is 5.01 Å². The summed E-state index contributed by atoms with van der Waals surface area (Å²) in [5.41, 5.74) is 2.51. The SMILES string of the molecule is O=C(O)c1csc(-c2cscn2)n1. The first-order chi connectivity index (χ1) is 6.27. The van der Waals surface area contributed by atoms with Gasteiger partial charge in [-0.1, -0.05) is 0 Å². The van der Waals surface area contributed by atoms with Gasteiger partial charge in [0.15, 0.2) is 5.69 Å². The maximum Gasteiger partial charge on any atom is 0.355 e. The number of hydrogen-bond acceptors (Lipinski definition) is 5. The molecule has 0 saturated heterocycles. The molecule has 2 aromatic rings. The zero-order chi connectivity index (χ0) is 9.26. The molecule has 2 rings (SSSR count). The predicted molar refractivity (Wildman–Crippen MR) is 50.2 cm³/mol. The fourth-order valence-electron chi connectivity index (χ4n) is 0.808. The molecular weight excluding hydrogens is 208 g/mol. The Morgan fingerprint density at radius 2 is 2.31 bits per heavy atom. The molecule has 2 aromatic heterocycles. The van der Waals surface area contributed by atoms with Crippen LogP contribution in [0.25, 0.3) is 10.7 Å². The fraction of sp³-hybridized carbons (Fsp3) is 0. The fourth-order valence-corrected chi connectivity index (χ4v) is 2.18. The van der Waals surface area contributed by atoms with Crippen LogP contribution in [-0.2, 0) is 0 Å². The standard InChI is InChI=1S/C7H4N2O2S2/c10-7(11)5-2-13-6(9-5)4-1-12-3-8-4/h1-3H,(H,10,11).